The van der Waals surface area contributed by atoms with Crippen LogP contribution in [-0.2, 0) is 20.9 Å². The number of ether oxygens (including phenoxy) is 4. The van der Waals surface area contributed by atoms with E-state index in [4.69, 9.17) is 23.8 Å². The SMILES string of the molecule is CC(C)(C)OC(=O)ON1CCC(c2ccc(OCCOc3ccc(Br)cc3)cc2)C(OCc2ccc3ccccc3c2)C1. The normalized spacial score (nSPS) is 17.4. The number of carbonyl (C=O) groups is 1. The highest BCUT2D eigenvalue weighted by Crippen LogP contribution is 2.33. The summed E-state index contributed by atoms with van der Waals surface area (Å²) in [4.78, 5) is 17.9. The molecule has 5 rings (SSSR count). The van der Waals surface area contributed by atoms with Crippen molar-refractivity contribution in [2.24, 2.45) is 0 Å². The molecule has 4 aromatic carbocycles. The first-order valence-corrected chi connectivity index (χ1v) is 15.4. The molecule has 43 heavy (non-hydrogen) atoms. The maximum atomic E-state index is 12.4. The Morgan fingerprint density at radius 1 is 0.860 bits per heavy atom. The molecule has 1 heterocycles. The molecule has 0 spiro atoms. The van der Waals surface area contributed by atoms with Gasteiger partial charge in [0.25, 0.3) is 0 Å². The zero-order valence-electron chi connectivity index (χ0n) is 24.8. The van der Waals surface area contributed by atoms with E-state index in [9.17, 15) is 4.79 Å². The lowest BCUT2D eigenvalue weighted by atomic mass is 9.87. The van der Waals surface area contributed by atoms with Crippen molar-refractivity contribution in [3.05, 3.63) is 107 Å². The van der Waals surface area contributed by atoms with Crippen LogP contribution in [0.1, 0.15) is 44.2 Å². The van der Waals surface area contributed by atoms with E-state index in [1.165, 1.54) is 10.8 Å². The molecule has 2 atom stereocenters. The Morgan fingerprint density at radius 3 is 2.19 bits per heavy atom. The molecule has 0 amide bonds. The minimum absolute atomic E-state index is 0.119. The Labute approximate surface area is 261 Å². The lowest BCUT2D eigenvalue weighted by Crippen LogP contribution is -2.45. The van der Waals surface area contributed by atoms with Crippen LogP contribution in [0.4, 0.5) is 4.79 Å². The number of nitrogens with zero attached hydrogens (tertiary/aromatic N) is 1. The summed E-state index contributed by atoms with van der Waals surface area (Å²) in [6, 6.07) is 30.5. The van der Waals surface area contributed by atoms with Crippen LogP contribution in [0.15, 0.2) is 95.5 Å². The van der Waals surface area contributed by atoms with Gasteiger partial charge in [-0.1, -0.05) is 64.5 Å². The van der Waals surface area contributed by atoms with Crippen molar-refractivity contribution in [1.29, 1.82) is 0 Å². The third-order valence-electron chi connectivity index (χ3n) is 7.14. The van der Waals surface area contributed by atoms with Crippen molar-refractivity contribution in [2.75, 3.05) is 26.3 Å². The minimum Gasteiger partial charge on any atom is -0.490 e. The van der Waals surface area contributed by atoms with Crippen molar-refractivity contribution in [1.82, 2.24) is 5.06 Å². The van der Waals surface area contributed by atoms with Gasteiger partial charge in [-0.2, -0.15) is 0 Å². The fourth-order valence-electron chi connectivity index (χ4n) is 5.09. The molecule has 1 aliphatic heterocycles. The van der Waals surface area contributed by atoms with Gasteiger partial charge in [0.15, 0.2) is 0 Å². The molecular formula is C35H38BrNO6. The quantitative estimate of drug-likeness (QED) is 0.127. The third kappa shape index (κ3) is 9.20. The summed E-state index contributed by atoms with van der Waals surface area (Å²) < 4.78 is 24.6. The first-order chi connectivity index (χ1) is 20.7. The fraction of sp³-hybridized carbons (Fsp3) is 0.343. The first kappa shape index (κ1) is 30.9. The number of fused-ring (bicyclic) bond motifs is 1. The molecule has 4 aromatic rings. The van der Waals surface area contributed by atoms with E-state index >= 15 is 0 Å². The molecule has 1 aliphatic rings. The first-order valence-electron chi connectivity index (χ1n) is 14.6. The van der Waals surface area contributed by atoms with E-state index in [2.05, 4.69) is 58.4 Å². The molecule has 0 N–H and O–H groups in total. The van der Waals surface area contributed by atoms with Gasteiger partial charge in [0.1, 0.15) is 30.3 Å². The van der Waals surface area contributed by atoms with Crippen molar-refractivity contribution < 1.29 is 28.6 Å². The molecule has 1 fully saturated rings. The van der Waals surface area contributed by atoms with Gasteiger partial charge in [-0.05, 0) is 91.6 Å². The van der Waals surface area contributed by atoms with Crippen molar-refractivity contribution in [3.63, 3.8) is 0 Å². The Balaban J connectivity index is 1.21. The number of hydroxylamine groups is 2. The highest BCUT2D eigenvalue weighted by molar-refractivity contribution is 9.10. The van der Waals surface area contributed by atoms with E-state index in [0.717, 1.165) is 33.5 Å². The maximum absolute atomic E-state index is 12.4. The van der Waals surface area contributed by atoms with Crippen LogP contribution in [0.5, 0.6) is 11.5 Å². The molecule has 8 heteroatoms. The van der Waals surface area contributed by atoms with Crippen LogP contribution in [0.25, 0.3) is 10.8 Å². The Hall–Kier alpha value is -3.59. The van der Waals surface area contributed by atoms with Crippen LogP contribution < -0.4 is 9.47 Å². The van der Waals surface area contributed by atoms with E-state index in [1.54, 1.807) is 5.06 Å². The number of hydrogen-bond acceptors (Lipinski definition) is 7. The molecule has 2 unspecified atom stereocenters. The summed E-state index contributed by atoms with van der Waals surface area (Å²) in [5.74, 6) is 1.70. The fourth-order valence-corrected chi connectivity index (χ4v) is 5.35. The number of piperidine rings is 1. The van der Waals surface area contributed by atoms with Crippen LogP contribution in [0.2, 0.25) is 0 Å². The number of benzene rings is 4. The standard InChI is InChI=1S/C35H38BrNO6/c1-35(2,3)42-34(38)43-37-19-18-32(33(23-37)41-24-25-8-9-26-6-4-5-7-28(26)22-25)27-10-14-30(15-11-27)39-20-21-40-31-16-12-29(36)13-17-31/h4-17,22,32-33H,18-21,23-24H2,1-3H3. The number of hydrogen-bond donors (Lipinski definition) is 0. The lowest BCUT2D eigenvalue weighted by Gasteiger charge is -2.37. The van der Waals surface area contributed by atoms with E-state index in [1.807, 2.05) is 69.3 Å². The van der Waals surface area contributed by atoms with Gasteiger partial charge in [-0.15, -0.1) is 5.06 Å². The summed E-state index contributed by atoms with van der Waals surface area (Å²) in [5, 5.41) is 4.02. The molecule has 0 bridgehead atoms. The van der Waals surface area contributed by atoms with Gasteiger partial charge in [-0.3, -0.25) is 0 Å². The van der Waals surface area contributed by atoms with Gasteiger partial charge >= 0.3 is 6.16 Å². The van der Waals surface area contributed by atoms with E-state index in [-0.39, 0.29) is 12.0 Å². The van der Waals surface area contributed by atoms with Gasteiger partial charge in [0.2, 0.25) is 0 Å². The molecule has 7 nitrogen and oxygen atoms in total. The molecule has 1 saturated heterocycles. The van der Waals surface area contributed by atoms with Crippen LogP contribution in [0.3, 0.4) is 0 Å². The van der Waals surface area contributed by atoms with Gasteiger partial charge in [0, 0.05) is 16.9 Å². The number of carbonyl (C=O) groups excluding carboxylic acids is 1. The van der Waals surface area contributed by atoms with Gasteiger partial charge in [-0.25, -0.2) is 4.79 Å². The minimum atomic E-state index is -0.704. The average molecular weight is 649 g/mol. The van der Waals surface area contributed by atoms with Crippen molar-refractivity contribution >= 4 is 32.9 Å². The highest BCUT2D eigenvalue weighted by Gasteiger charge is 2.34. The third-order valence-corrected chi connectivity index (χ3v) is 7.66. The molecular weight excluding hydrogens is 610 g/mol. The Morgan fingerprint density at radius 2 is 1.51 bits per heavy atom. The maximum Gasteiger partial charge on any atom is 0.528 e. The molecule has 0 radical (unpaired) electrons. The van der Waals surface area contributed by atoms with Gasteiger partial charge in [0.05, 0.1) is 19.3 Å². The molecule has 0 aromatic heterocycles. The molecule has 226 valence electrons. The van der Waals surface area contributed by atoms with E-state index in [0.29, 0.717) is 32.9 Å². The molecule has 0 saturated carbocycles. The Bertz CT molecular complexity index is 1490. The summed E-state index contributed by atoms with van der Waals surface area (Å²) in [6.45, 7) is 7.80. The van der Waals surface area contributed by atoms with Crippen molar-refractivity contribution in [3.8, 4) is 11.5 Å². The van der Waals surface area contributed by atoms with Crippen molar-refractivity contribution in [2.45, 2.75) is 51.4 Å². The lowest BCUT2D eigenvalue weighted by molar-refractivity contribution is -0.179. The zero-order chi connectivity index (χ0) is 30.2. The second-order valence-electron chi connectivity index (χ2n) is 11.6. The number of halogens is 1. The van der Waals surface area contributed by atoms with Gasteiger partial charge < -0.3 is 23.8 Å². The largest absolute Gasteiger partial charge is 0.528 e. The highest BCUT2D eigenvalue weighted by atomic mass is 79.9. The zero-order valence-corrected chi connectivity index (χ0v) is 26.4. The second kappa shape index (κ2) is 14.3. The van der Waals surface area contributed by atoms with E-state index < -0.39 is 11.8 Å². The summed E-state index contributed by atoms with van der Waals surface area (Å²) in [7, 11) is 0. The van der Waals surface area contributed by atoms with Crippen LogP contribution >= 0.6 is 15.9 Å². The van der Waals surface area contributed by atoms with Crippen LogP contribution in [0, 0.1) is 0 Å². The monoisotopic (exact) mass is 647 g/mol. The summed E-state index contributed by atoms with van der Waals surface area (Å²) in [5.41, 5.74) is 1.62. The molecule has 0 aliphatic carbocycles. The predicted molar refractivity (Wildman–Crippen MR) is 170 cm³/mol. The topological polar surface area (TPSA) is 66.5 Å². The average Bonchev–Trinajstić information content (AvgIpc) is 2.98. The Kier molecular flexibility index (Phi) is 10.2. The predicted octanol–water partition coefficient (Wildman–Crippen LogP) is 8.30. The summed E-state index contributed by atoms with van der Waals surface area (Å²) in [6.07, 6.45) is -0.148. The number of rotatable bonds is 10. The smallest absolute Gasteiger partial charge is 0.490 e. The van der Waals surface area contributed by atoms with Crippen LogP contribution in [-0.4, -0.2) is 49.2 Å². The summed E-state index contributed by atoms with van der Waals surface area (Å²) >= 11 is 3.43. The second-order valence-corrected chi connectivity index (χ2v) is 12.5.